The summed E-state index contributed by atoms with van der Waals surface area (Å²) in [6.45, 7) is 3.94. The minimum atomic E-state index is -0.639. The summed E-state index contributed by atoms with van der Waals surface area (Å²) in [5.41, 5.74) is 4.36. The number of carbonyl (C=O) groups excluding carboxylic acids is 2. The van der Waals surface area contributed by atoms with Gasteiger partial charge in [0.2, 0.25) is 0 Å². The molecule has 0 bridgehead atoms. The molecule has 0 saturated heterocycles. The second kappa shape index (κ2) is 7.18. The normalized spacial score (nSPS) is 10.7. The van der Waals surface area contributed by atoms with Crippen LogP contribution in [-0.4, -0.2) is 26.8 Å². The third-order valence-corrected chi connectivity index (χ3v) is 3.67. The lowest BCUT2D eigenvalue weighted by atomic mass is 10.1. The van der Waals surface area contributed by atoms with Crippen LogP contribution in [-0.2, 0) is 6.54 Å². The van der Waals surface area contributed by atoms with Crippen LogP contribution in [0, 0.1) is 6.92 Å². The number of aryl methyl sites for hydroxylation is 2. The van der Waals surface area contributed by atoms with E-state index in [4.69, 9.17) is 4.52 Å². The zero-order chi connectivity index (χ0) is 18.7. The Hall–Kier alpha value is -3.49. The molecule has 3 aromatic rings. The van der Waals surface area contributed by atoms with E-state index in [1.807, 2.05) is 6.92 Å². The highest BCUT2D eigenvalue weighted by atomic mass is 16.5. The smallest absolute Gasteiger partial charge is 0.291 e. The fourth-order valence-corrected chi connectivity index (χ4v) is 2.48. The van der Waals surface area contributed by atoms with Gasteiger partial charge in [-0.2, -0.15) is 5.10 Å². The molecule has 0 atom stereocenters. The van der Waals surface area contributed by atoms with E-state index in [1.54, 1.807) is 31.2 Å². The van der Waals surface area contributed by atoms with Crippen LogP contribution in [0.25, 0.3) is 10.8 Å². The Morgan fingerprint density at radius 2 is 1.85 bits per heavy atom. The fourth-order valence-electron chi connectivity index (χ4n) is 2.48. The van der Waals surface area contributed by atoms with Crippen LogP contribution in [0.1, 0.15) is 40.1 Å². The van der Waals surface area contributed by atoms with Gasteiger partial charge in [-0.15, -0.1) is 0 Å². The Bertz CT molecular complexity index is 1040. The van der Waals surface area contributed by atoms with Crippen molar-refractivity contribution < 1.29 is 14.1 Å². The summed E-state index contributed by atoms with van der Waals surface area (Å²) in [6.07, 6.45) is 0.689. The van der Waals surface area contributed by atoms with Gasteiger partial charge in [0.15, 0.2) is 11.4 Å². The zero-order valence-electron chi connectivity index (χ0n) is 14.3. The minimum Gasteiger partial charge on any atom is -0.361 e. The fraction of sp³-hybridized carbons (Fsp3) is 0.235. The summed E-state index contributed by atoms with van der Waals surface area (Å²) >= 11 is 0. The molecule has 3 rings (SSSR count). The number of amides is 2. The number of aromatic nitrogens is 3. The van der Waals surface area contributed by atoms with Gasteiger partial charge in [0, 0.05) is 18.0 Å². The number of nitrogens with zero attached hydrogens (tertiary/aromatic N) is 3. The summed E-state index contributed by atoms with van der Waals surface area (Å²) in [7, 11) is 0. The summed E-state index contributed by atoms with van der Waals surface area (Å²) in [6, 6.07) is 8.14. The summed E-state index contributed by atoms with van der Waals surface area (Å²) in [5.74, 6) is -0.790. The van der Waals surface area contributed by atoms with Crippen molar-refractivity contribution in [3.8, 4) is 0 Å². The van der Waals surface area contributed by atoms with Crippen LogP contribution >= 0.6 is 0 Å². The van der Waals surface area contributed by atoms with Crippen LogP contribution in [0.2, 0.25) is 0 Å². The average molecular weight is 355 g/mol. The van der Waals surface area contributed by atoms with Crippen molar-refractivity contribution in [1.82, 2.24) is 25.8 Å². The van der Waals surface area contributed by atoms with Crippen molar-refractivity contribution in [1.29, 1.82) is 0 Å². The van der Waals surface area contributed by atoms with E-state index in [0.717, 1.165) is 0 Å². The van der Waals surface area contributed by atoms with Crippen molar-refractivity contribution in [2.24, 2.45) is 0 Å². The molecule has 0 fully saturated rings. The summed E-state index contributed by atoms with van der Waals surface area (Å²) in [5, 5.41) is 8.52. The lowest BCUT2D eigenvalue weighted by Crippen LogP contribution is -2.43. The van der Waals surface area contributed by atoms with Crippen LogP contribution in [0.4, 0.5) is 0 Å². The molecule has 0 spiro atoms. The second-order valence-electron chi connectivity index (χ2n) is 5.65. The Morgan fingerprint density at radius 1 is 1.15 bits per heavy atom. The summed E-state index contributed by atoms with van der Waals surface area (Å²) in [4.78, 5) is 36.9. The van der Waals surface area contributed by atoms with E-state index in [0.29, 0.717) is 29.5 Å². The predicted molar refractivity (Wildman–Crippen MR) is 92.5 cm³/mol. The quantitative estimate of drug-likeness (QED) is 0.678. The van der Waals surface area contributed by atoms with Gasteiger partial charge in [-0.05, 0) is 19.4 Å². The first-order chi connectivity index (χ1) is 12.5. The molecular formula is C17H17N5O4. The second-order valence-corrected chi connectivity index (χ2v) is 5.65. The van der Waals surface area contributed by atoms with Gasteiger partial charge >= 0.3 is 0 Å². The monoisotopic (exact) mass is 355 g/mol. The number of benzene rings is 1. The van der Waals surface area contributed by atoms with Gasteiger partial charge in [0.1, 0.15) is 5.76 Å². The molecule has 2 amide bonds. The van der Waals surface area contributed by atoms with Gasteiger partial charge < -0.3 is 4.52 Å². The van der Waals surface area contributed by atoms with Crippen LogP contribution in [0.3, 0.4) is 0 Å². The topological polar surface area (TPSA) is 119 Å². The van der Waals surface area contributed by atoms with E-state index in [2.05, 4.69) is 21.1 Å². The van der Waals surface area contributed by atoms with Crippen molar-refractivity contribution in [3.63, 3.8) is 0 Å². The third-order valence-electron chi connectivity index (χ3n) is 3.67. The number of hydrogen-bond donors (Lipinski definition) is 2. The van der Waals surface area contributed by atoms with Gasteiger partial charge in [-0.25, -0.2) is 4.68 Å². The predicted octanol–water partition coefficient (Wildman–Crippen LogP) is 1.18. The number of nitrogens with one attached hydrogen (secondary N) is 2. The Kier molecular flexibility index (Phi) is 4.78. The molecule has 26 heavy (non-hydrogen) atoms. The molecule has 1 aromatic carbocycles. The maximum absolute atomic E-state index is 12.5. The van der Waals surface area contributed by atoms with Crippen LogP contribution in [0.15, 0.2) is 39.6 Å². The number of rotatable bonds is 4. The molecule has 0 saturated carbocycles. The maximum atomic E-state index is 12.5. The Labute approximate surface area is 147 Å². The first-order valence-corrected chi connectivity index (χ1v) is 8.05. The molecule has 2 N–H and O–H groups in total. The highest BCUT2D eigenvalue weighted by Crippen LogP contribution is 2.13. The van der Waals surface area contributed by atoms with E-state index in [-0.39, 0.29) is 16.9 Å². The van der Waals surface area contributed by atoms with Crippen LogP contribution in [0.5, 0.6) is 0 Å². The first kappa shape index (κ1) is 17.3. The molecule has 0 aliphatic heterocycles. The lowest BCUT2D eigenvalue weighted by molar-refractivity contribution is 0.0838. The highest BCUT2D eigenvalue weighted by molar-refractivity contribution is 6.05. The Balaban J connectivity index is 1.89. The maximum Gasteiger partial charge on any atom is 0.291 e. The first-order valence-electron chi connectivity index (χ1n) is 8.05. The Morgan fingerprint density at radius 3 is 2.50 bits per heavy atom. The number of hydrazine groups is 1. The van der Waals surface area contributed by atoms with Gasteiger partial charge in [-0.3, -0.25) is 25.2 Å². The molecule has 9 heteroatoms. The molecule has 9 nitrogen and oxygen atoms in total. The van der Waals surface area contributed by atoms with Crippen molar-refractivity contribution in [3.05, 3.63) is 57.8 Å². The number of fused-ring (bicyclic) bond motifs is 1. The molecular weight excluding hydrogens is 338 g/mol. The SMILES string of the molecule is CCCn1nc(C(=O)NNC(=O)c2cc(C)on2)c2ccccc2c1=O. The molecule has 0 unspecified atom stereocenters. The molecule has 134 valence electrons. The van der Waals surface area contributed by atoms with Crippen molar-refractivity contribution in [2.75, 3.05) is 0 Å². The number of hydrogen-bond acceptors (Lipinski definition) is 6. The van der Waals surface area contributed by atoms with E-state index < -0.39 is 11.8 Å². The largest absolute Gasteiger partial charge is 0.361 e. The molecule has 0 aliphatic carbocycles. The standard InChI is InChI=1S/C17H17N5O4/c1-3-8-22-17(25)12-7-5-4-6-11(12)14(20-22)16(24)19-18-15(23)13-9-10(2)26-21-13/h4-7,9H,3,8H2,1-2H3,(H,18,23)(H,19,24). The van der Waals surface area contributed by atoms with E-state index >= 15 is 0 Å². The average Bonchev–Trinajstić information content (AvgIpc) is 3.08. The van der Waals surface area contributed by atoms with Gasteiger partial charge in [-0.1, -0.05) is 30.3 Å². The van der Waals surface area contributed by atoms with Gasteiger partial charge in [0.05, 0.1) is 5.39 Å². The summed E-state index contributed by atoms with van der Waals surface area (Å²) < 4.78 is 6.07. The lowest BCUT2D eigenvalue weighted by Gasteiger charge is -2.11. The highest BCUT2D eigenvalue weighted by Gasteiger charge is 2.18. The minimum absolute atomic E-state index is 0.0385. The van der Waals surface area contributed by atoms with E-state index in [1.165, 1.54) is 10.7 Å². The van der Waals surface area contributed by atoms with Crippen molar-refractivity contribution in [2.45, 2.75) is 26.8 Å². The van der Waals surface area contributed by atoms with Crippen molar-refractivity contribution >= 4 is 22.6 Å². The third kappa shape index (κ3) is 3.32. The van der Waals surface area contributed by atoms with Crippen LogP contribution < -0.4 is 16.4 Å². The van der Waals surface area contributed by atoms with Gasteiger partial charge in [0.25, 0.3) is 17.4 Å². The van der Waals surface area contributed by atoms with E-state index in [9.17, 15) is 14.4 Å². The molecule has 0 aliphatic rings. The molecule has 2 aromatic heterocycles. The zero-order valence-corrected chi connectivity index (χ0v) is 14.3. The molecule has 0 radical (unpaired) electrons. The number of carbonyl (C=O) groups is 2. The molecule has 2 heterocycles.